The van der Waals surface area contributed by atoms with Gasteiger partial charge in [-0.3, -0.25) is 0 Å². The molecule has 2 saturated carbocycles. The zero-order valence-corrected chi connectivity index (χ0v) is 12.0. The number of hydrogen-bond donors (Lipinski definition) is 1. The third-order valence-electron chi connectivity index (χ3n) is 5.07. The van der Waals surface area contributed by atoms with Crippen LogP contribution in [0, 0.1) is 0 Å². The van der Waals surface area contributed by atoms with Gasteiger partial charge in [-0.05, 0) is 50.0 Å². The molecule has 1 aromatic carbocycles. The first-order valence-corrected chi connectivity index (χ1v) is 8.23. The van der Waals surface area contributed by atoms with Crippen LogP contribution in [0.3, 0.4) is 0 Å². The molecule has 0 saturated heterocycles. The molecule has 1 heteroatoms. The Kier molecular flexibility index (Phi) is 4.55. The second kappa shape index (κ2) is 6.56. The maximum absolute atomic E-state index is 3.93. The maximum Gasteiger partial charge on any atom is 0.00700 e. The minimum atomic E-state index is 0.795. The van der Waals surface area contributed by atoms with Gasteiger partial charge >= 0.3 is 0 Å². The molecule has 0 heterocycles. The molecule has 0 aromatic heterocycles. The van der Waals surface area contributed by atoms with Crippen molar-refractivity contribution in [1.82, 2.24) is 5.32 Å². The second-order valence-corrected chi connectivity index (χ2v) is 6.46. The second-order valence-electron chi connectivity index (χ2n) is 6.46. The summed E-state index contributed by atoms with van der Waals surface area (Å²) in [6.45, 7) is 0. The van der Waals surface area contributed by atoms with E-state index < -0.39 is 0 Å². The van der Waals surface area contributed by atoms with Crippen molar-refractivity contribution in [3.8, 4) is 0 Å². The average Bonchev–Trinajstić information content (AvgIpc) is 2.50. The lowest BCUT2D eigenvalue weighted by Crippen LogP contribution is -2.41. The lowest BCUT2D eigenvalue weighted by molar-refractivity contribution is 0.278. The number of hydrogen-bond acceptors (Lipinski definition) is 1. The molecule has 2 aliphatic rings. The Morgan fingerprint density at radius 2 is 1.32 bits per heavy atom. The highest BCUT2D eigenvalue weighted by atomic mass is 15.0. The Morgan fingerprint density at radius 1 is 0.684 bits per heavy atom. The van der Waals surface area contributed by atoms with Gasteiger partial charge in [-0.2, -0.15) is 0 Å². The summed E-state index contributed by atoms with van der Waals surface area (Å²) in [5.41, 5.74) is 1.55. The topological polar surface area (TPSA) is 12.0 Å². The van der Waals surface area contributed by atoms with Gasteiger partial charge in [0, 0.05) is 12.1 Å². The van der Waals surface area contributed by atoms with Crippen LogP contribution in [0.2, 0.25) is 0 Å². The van der Waals surface area contributed by atoms with Crippen molar-refractivity contribution in [3.05, 3.63) is 35.9 Å². The van der Waals surface area contributed by atoms with Crippen LogP contribution < -0.4 is 5.32 Å². The van der Waals surface area contributed by atoms with Crippen molar-refractivity contribution in [1.29, 1.82) is 0 Å². The fraction of sp³-hybridized carbons (Fsp3) is 0.667. The first-order chi connectivity index (χ1) is 9.42. The SMILES string of the molecule is c1ccc([C@H]2CC[C@H](NC3CCCCC3)CC2)cc1. The fourth-order valence-corrected chi connectivity index (χ4v) is 3.92. The number of nitrogens with one attached hydrogen (secondary N) is 1. The van der Waals surface area contributed by atoms with Gasteiger partial charge in [0.1, 0.15) is 0 Å². The van der Waals surface area contributed by atoms with Gasteiger partial charge in [-0.15, -0.1) is 0 Å². The van der Waals surface area contributed by atoms with Gasteiger partial charge in [0.05, 0.1) is 0 Å². The highest BCUT2D eigenvalue weighted by molar-refractivity contribution is 5.20. The molecule has 19 heavy (non-hydrogen) atoms. The number of rotatable bonds is 3. The lowest BCUT2D eigenvalue weighted by Gasteiger charge is -2.33. The van der Waals surface area contributed by atoms with E-state index in [0.29, 0.717) is 0 Å². The van der Waals surface area contributed by atoms with Crippen molar-refractivity contribution >= 4 is 0 Å². The lowest BCUT2D eigenvalue weighted by atomic mass is 9.81. The molecule has 0 atom stereocenters. The van der Waals surface area contributed by atoms with Crippen molar-refractivity contribution in [2.45, 2.75) is 75.8 Å². The molecule has 0 unspecified atom stereocenters. The Bertz CT molecular complexity index is 359. The predicted octanol–water partition coefficient (Wildman–Crippen LogP) is 4.64. The molecule has 3 rings (SSSR count). The van der Waals surface area contributed by atoms with Gasteiger partial charge in [-0.25, -0.2) is 0 Å². The molecule has 0 radical (unpaired) electrons. The normalized spacial score (nSPS) is 29.3. The summed E-state index contributed by atoms with van der Waals surface area (Å²) in [6, 6.07) is 12.7. The van der Waals surface area contributed by atoms with E-state index in [9.17, 15) is 0 Å². The van der Waals surface area contributed by atoms with Gasteiger partial charge in [0.2, 0.25) is 0 Å². The predicted molar refractivity (Wildman–Crippen MR) is 81.4 cm³/mol. The van der Waals surface area contributed by atoms with Crippen LogP contribution >= 0.6 is 0 Å². The van der Waals surface area contributed by atoms with Crippen LogP contribution in [-0.4, -0.2) is 12.1 Å². The highest BCUT2D eigenvalue weighted by Crippen LogP contribution is 2.33. The summed E-state index contributed by atoms with van der Waals surface area (Å²) in [6.07, 6.45) is 12.7. The summed E-state index contributed by atoms with van der Waals surface area (Å²) in [5.74, 6) is 0.811. The molecule has 1 N–H and O–H groups in total. The van der Waals surface area contributed by atoms with E-state index in [4.69, 9.17) is 0 Å². The van der Waals surface area contributed by atoms with Crippen LogP contribution in [-0.2, 0) is 0 Å². The molecule has 0 aliphatic heterocycles. The Hall–Kier alpha value is -0.820. The molecule has 2 aliphatic carbocycles. The van der Waals surface area contributed by atoms with E-state index in [1.165, 1.54) is 57.8 Å². The summed E-state index contributed by atoms with van der Waals surface area (Å²) >= 11 is 0. The molecule has 2 fully saturated rings. The summed E-state index contributed by atoms with van der Waals surface area (Å²) in [7, 11) is 0. The molecule has 1 aromatic rings. The maximum atomic E-state index is 3.93. The van der Waals surface area contributed by atoms with Gasteiger partial charge in [0.25, 0.3) is 0 Å². The molecule has 104 valence electrons. The van der Waals surface area contributed by atoms with Crippen LogP contribution in [0.1, 0.15) is 69.3 Å². The fourth-order valence-electron chi connectivity index (χ4n) is 3.92. The monoisotopic (exact) mass is 257 g/mol. The number of benzene rings is 1. The van der Waals surface area contributed by atoms with Gasteiger partial charge in [-0.1, -0.05) is 49.6 Å². The van der Waals surface area contributed by atoms with Gasteiger partial charge in [0.15, 0.2) is 0 Å². The van der Waals surface area contributed by atoms with Crippen LogP contribution in [0.5, 0.6) is 0 Å². The van der Waals surface area contributed by atoms with E-state index in [-0.39, 0.29) is 0 Å². The molecular formula is C18H27N. The smallest absolute Gasteiger partial charge is 0.00700 e. The van der Waals surface area contributed by atoms with Crippen LogP contribution in [0.25, 0.3) is 0 Å². The van der Waals surface area contributed by atoms with Crippen molar-refractivity contribution in [3.63, 3.8) is 0 Å². The quantitative estimate of drug-likeness (QED) is 0.832. The minimum absolute atomic E-state index is 0.795. The zero-order valence-electron chi connectivity index (χ0n) is 12.0. The molecule has 0 bridgehead atoms. The van der Waals surface area contributed by atoms with E-state index in [2.05, 4.69) is 35.6 Å². The third-order valence-corrected chi connectivity index (χ3v) is 5.07. The summed E-state index contributed by atoms with van der Waals surface area (Å²) in [4.78, 5) is 0. The van der Waals surface area contributed by atoms with E-state index in [0.717, 1.165) is 18.0 Å². The average molecular weight is 257 g/mol. The molecule has 1 nitrogen and oxygen atoms in total. The van der Waals surface area contributed by atoms with Crippen molar-refractivity contribution < 1.29 is 0 Å². The zero-order chi connectivity index (χ0) is 12.9. The summed E-state index contributed by atoms with van der Waals surface area (Å²) < 4.78 is 0. The summed E-state index contributed by atoms with van der Waals surface area (Å²) in [5, 5.41) is 3.93. The van der Waals surface area contributed by atoms with Crippen LogP contribution in [0.15, 0.2) is 30.3 Å². The molecule has 0 spiro atoms. The first-order valence-electron chi connectivity index (χ1n) is 8.23. The van der Waals surface area contributed by atoms with Crippen LogP contribution in [0.4, 0.5) is 0 Å². The first kappa shape index (κ1) is 13.2. The van der Waals surface area contributed by atoms with Crippen molar-refractivity contribution in [2.75, 3.05) is 0 Å². The largest absolute Gasteiger partial charge is 0.311 e. The minimum Gasteiger partial charge on any atom is -0.311 e. The molecule has 0 amide bonds. The van der Waals surface area contributed by atoms with Crippen molar-refractivity contribution in [2.24, 2.45) is 0 Å². The van der Waals surface area contributed by atoms with E-state index >= 15 is 0 Å². The van der Waals surface area contributed by atoms with E-state index in [1.54, 1.807) is 5.56 Å². The van der Waals surface area contributed by atoms with E-state index in [1.807, 2.05) is 0 Å². The Balaban J connectivity index is 1.46. The Morgan fingerprint density at radius 3 is 2.00 bits per heavy atom. The molecular weight excluding hydrogens is 230 g/mol. The van der Waals surface area contributed by atoms with Gasteiger partial charge < -0.3 is 5.32 Å². The third kappa shape index (κ3) is 3.60. The highest BCUT2D eigenvalue weighted by Gasteiger charge is 2.24. The Labute approximate surface area is 117 Å². The standard InChI is InChI=1S/C18H27N/c1-3-7-15(8-4-1)16-11-13-18(14-12-16)19-17-9-5-2-6-10-17/h1,3-4,7-8,16-19H,2,5-6,9-14H2/t16-,18-.